The van der Waals surface area contributed by atoms with Crippen molar-refractivity contribution in [2.24, 2.45) is 0 Å². The number of rotatable bonds is 13. The molecule has 1 aromatic heterocycles. The third-order valence-electron chi connectivity index (χ3n) is 4.31. The zero-order valence-electron chi connectivity index (χ0n) is 14.6. The Hall–Kier alpha value is -1.19. The molecular weight excluding hydrogens is 296 g/mol. The summed E-state index contributed by atoms with van der Waals surface area (Å²) in [5, 5.41) is 0. The van der Waals surface area contributed by atoms with Crippen LogP contribution in [0, 0.1) is 5.82 Å². The molecule has 1 rings (SSSR count). The summed E-state index contributed by atoms with van der Waals surface area (Å²) in [5.41, 5.74) is -0.115. The maximum Gasteiger partial charge on any atom is 0.201 e. The number of nitrogens with zero attached hydrogens (tertiary/aromatic N) is 1. The van der Waals surface area contributed by atoms with E-state index in [0.717, 1.165) is 12.8 Å². The number of hydrogen-bond acceptors (Lipinski definition) is 1. The van der Waals surface area contributed by atoms with E-state index in [0.29, 0.717) is 13.0 Å². The average Bonchev–Trinajstić information content (AvgIpc) is 2.93. The van der Waals surface area contributed by atoms with Gasteiger partial charge < -0.3 is 4.57 Å². The fourth-order valence-electron chi connectivity index (χ4n) is 2.78. The van der Waals surface area contributed by atoms with Crippen LogP contribution < -0.4 is 0 Å². The predicted molar refractivity (Wildman–Crippen MR) is 91.1 cm³/mol. The Kier molecular flexibility index (Phi) is 9.81. The molecule has 0 aliphatic heterocycles. The van der Waals surface area contributed by atoms with Crippen molar-refractivity contribution in [2.75, 3.05) is 0 Å². The minimum atomic E-state index is -1.58. The molecule has 2 nitrogen and oxygen atoms in total. The molecule has 0 N–H and O–H groups in total. The second kappa shape index (κ2) is 11.4. The predicted octanol–water partition coefficient (Wildman–Crippen LogP) is 6.09. The third-order valence-corrected chi connectivity index (χ3v) is 4.31. The zero-order chi connectivity index (χ0) is 17.1. The van der Waals surface area contributed by atoms with E-state index in [4.69, 9.17) is 0 Å². The molecule has 0 saturated carbocycles. The van der Waals surface area contributed by atoms with Gasteiger partial charge in [0.1, 0.15) is 0 Å². The normalized spacial score (nSPS) is 12.5. The first kappa shape index (κ1) is 19.9. The van der Waals surface area contributed by atoms with Crippen molar-refractivity contribution in [1.29, 1.82) is 0 Å². The zero-order valence-corrected chi connectivity index (χ0v) is 14.6. The van der Waals surface area contributed by atoms with Crippen molar-refractivity contribution in [3.8, 4) is 0 Å². The summed E-state index contributed by atoms with van der Waals surface area (Å²) >= 11 is 0. The van der Waals surface area contributed by atoms with E-state index >= 15 is 0 Å². The molecule has 0 saturated heterocycles. The van der Waals surface area contributed by atoms with Gasteiger partial charge in [-0.25, -0.2) is 8.78 Å². The second-order valence-corrected chi connectivity index (χ2v) is 6.30. The Labute approximate surface area is 139 Å². The van der Waals surface area contributed by atoms with Gasteiger partial charge >= 0.3 is 0 Å². The Morgan fingerprint density at radius 2 is 1.57 bits per heavy atom. The molecule has 1 unspecified atom stereocenters. The van der Waals surface area contributed by atoms with Crippen LogP contribution in [0.15, 0.2) is 12.4 Å². The van der Waals surface area contributed by atoms with Gasteiger partial charge in [0.05, 0.1) is 5.56 Å². The Bertz CT molecular complexity index is 456. The SMILES string of the molecule is CCCCCCCCCCCC(F)C(=O)c1cn(CC)cc1F. The molecule has 0 bridgehead atoms. The molecule has 0 aliphatic carbocycles. The first-order chi connectivity index (χ1) is 11.1. The molecule has 0 radical (unpaired) electrons. The van der Waals surface area contributed by atoms with E-state index < -0.39 is 17.8 Å². The number of carbonyl (C=O) groups is 1. The molecule has 1 heterocycles. The molecule has 1 atom stereocenters. The summed E-state index contributed by atoms with van der Waals surface area (Å²) in [5.74, 6) is -1.33. The number of unbranched alkanes of at least 4 members (excludes halogenated alkanes) is 8. The van der Waals surface area contributed by atoms with Crippen LogP contribution in [0.25, 0.3) is 0 Å². The van der Waals surface area contributed by atoms with Gasteiger partial charge in [-0.1, -0.05) is 64.7 Å². The van der Waals surface area contributed by atoms with Crippen molar-refractivity contribution in [2.45, 2.75) is 90.8 Å². The largest absolute Gasteiger partial charge is 0.351 e. The van der Waals surface area contributed by atoms with Crippen molar-refractivity contribution in [1.82, 2.24) is 4.57 Å². The van der Waals surface area contributed by atoms with Gasteiger partial charge in [0, 0.05) is 18.9 Å². The fraction of sp³-hybridized carbons (Fsp3) is 0.737. The Morgan fingerprint density at radius 3 is 2.09 bits per heavy atom. The van der Waals surface area contributed by atoms with Crippen LogP contribution >= 0.6 is 0 Å². The van der Waals surface area contributed by atoms with Crippen molar-refractivity contribution in [3.63, 3.8) is 0 Å². The summed E-state index contributed by atoms with van der Waals surface area (Å²) in [7, 11) is 0. The van der Waals surface area contributed by atoms with Crippen LogP contribution in [0.5, 0.6) is 0 Å². The van der Waals surface area contributed by atoms with Gasteiger partial charge in [-0.3, -0.25) is 4.79 Å². The quantitative estimate of drug-likeness (QED) is 0.317. The van der Waals surface area contributed by atoms with Gasteiger partial charge in [0.25, 0.3) is 0 Å². The van der Waals surface area contributed by atoms with Crippen LogP contribution in [0.4, 0.5) is 8.78 Å². The van der Waals surface area contributed by atoms with E-state index in [1.165, 1.54) is 50.9 Å². The van der Waals surface area contributed by atoms with Crippen LogP contribution in [0.1, 0.15) is 88.4 Å². The maximum atomic E-state index is 14.0. The minimum absolute atomic E-state index is 0.115. The number of halogens is 2. The van der Waals surface area contributed by atoms with E-state index in [1.54, 1.807) is 4.57 Å². The lowest BCUT2D eigenvalue weighted by molar-refractivity contribution is 0.0862. The molecule has 132 valence electrons. The number of carbonyl (C=O) groups excluding carboxylic acids is 1. The Balaban J connectivity index is 2.17. The second-order valence-electron chi connectivity index (χ2n) is 6.30. The highest BCUT2D eigenvalue weighted by molar-refractivity contribution is 5.99. The number of aromatic nitrogens is 1. The fourth-order valence-corrected chi connectivity index (χ4v) is 2.78. The van der Waals surface area contributed by atoms with Crippen LogP contribution in [-0.4, -0.2) is 16.5 Å². The van der Waals surface area contributed by atoms with Gasteiger partial charge in [-0.15, -0.1) is 0 Å². The van der Waals surface area contributed by atoms with Crippen LogP contribution in [-0.2, 0) is 6.54 Å². The number of alkyl halides is 1. The van der Waals surface area contributed by atoms with Gasteiger partial charge in [-0.05, 0) is 13.3 Å². The summed E-state index contributed by atoms with van der Waals surface area (Å²) < 4.78 is 29.1. The summed E-state index contributed by atoms with van der Waals surface area (Å²) in [6.07, 6.45) is 11.6. The van der Waals surface area contributed by atoms with Gasteiger partial charge in [-0.2, -0.15) is 0 Å². The highest BCUT2D eigenvalue weighted by Gasteiger charge is 2.23. The van der Waals surface area contributed by atoms with Crippen molar-refractivity contribution in [3.05, 3.63) is 23.8 Å². The number of hydrogen-bond donors (Lipinski definition) is 0. The van der Waals surface area contributed by atoms with Crippen molar-refractivity contribution >= 4 is 5.78 Å². The highest BCUT2D eigenvalue weighted by Crippen LogP contribution is 2.18. The average molecular weight is 327 g/mol. The summed E-state index contributed by atoms with van der Waals surface area (Å²) in [6, 6.07) is 0. The first-order valence-electron chi connectivity index (χ1n) is 9.13. The van der Waals surface area contributed by atoms with Gasteiger partial charge in [0.2, 0.25) is 5.78 Å². The van der Waals surface area contributed by atoms with Crippen molar-refractivity contribution < 1.29 is 13.6 Å². The molecule has 0 amide bonds. The number of aryl methyl sites for hydroxylation is 1. The standard InChI is InChI=1S/C19H31F2NO/c1-3-5-6-7-8-9-10-11-12-13-17(20)19(23)16-14-22(4-2)15-18(16)21/h14-15,17H,3-13H2,1-2H3. The topological polar surface area (TPSA) is 22.0 Å². The van der Waals surface area contributed by atoms with E-state index in [1.807, 2.05) is 6.92 Å². The lowest BCUT2D eigenvalue weighted by atomic mass is 10.0. The summed E-state index contributed by atoms with van der Waals surface area (Å²) in [4.78, 5) is 11.9. The first-order valence-corrected chi connectivity index (χ1v) is 9.13. The van der Waals surface area contributed by atoms with E-state index in [9.17, 15) is 13.6 Å². The Morgan fingerprint density at radius 1 is 1.00 bits per heavy atom. The van der Waals surface area contributed by atoms with Gasteiger partial charge in [0.15, 0.2) is 12.0 Å². The van der Waals surface area contributed by atoms with E-state index in [-0.39, 0.29) is 12.0 Å². The molecule has 4 heteroatoms. The lowest BCUT2D eigenvalue weighted by Gasteiger charge is -2.06. The van der Waals surface area contributed by atoms with Crippen LogP contribution in [0.3, 0.4) is 0 Å². The monoisotopic (exact) mass is 327 g/mol. The molecular formula is C19H31F2NO. The number of Topliss-reactive ketones (excluding diaryl/α,β-unsaturated/α-hetero) is 1. The molecule has 1 aromatic rings. The lowest BCUT2D eigenvalue weighted by Crippen LogP contribution is -2.16. The van der Waals surface area contributed by atoms with E-state index in [2.05, 4.69) is 6.92 Å². The molecule has 0 fully saturated rings. The summed E-state index contributed by atoms with van der Waals surface area (Å²) in [6.45, 7) is 4.63. The van der Waals surface area contributed by atoms with Crippen LogP contribution in [0.2, 0.25) is 0 Å². The smallest absolute Gasteiger partial charge is 0.201 e. The third kappa shape index (κ3) is 7.28. The molecule has 0 aliphatic rings. The molecule has 0 spiro atoms. The molecule has 0 aromatic carbocycles. The minimum Gasteiger partial charge on any atom is -0.351 e. The highest BCUT2D eigenvalue weighted by atomic mass is 19.1. The number of ketones is 1. The molecule has 23 heavy (non-hydrogen) atoms. The maximum absolute atomic E-state index is 14.0.